The molecule has 0 N–H and O–H groups in total. The van der Waals surface area contributed by atoms with E-state index in [0.717, 1.165) is 17.8 Å². The molecule has 0 fully saturated rings. The van der Waals surface area contributed by atoms with Crippen LogP contribution >= 0.6 is 0 Å². The lowest BCUT2D eigenvalue weighted by Gasteiger charge is -2.34. The van der Waals surface area contributed by atoms with Gasteiger partial charge in [0.2, 0.25) is 0 Å². The number of rotatable bonds is 5. The van der Waals surface area contributed by atoms with E-state index in [2.05, 4.69) is 176 Å². The van der Waals surface area contributed by atoms with Crippen molar-refractivity contribution < 1.29 is 0 Å². The first-order chi connectivity index (χ1) is 25.1. The van der Waals surface area contributed by atoms with E-state index in [9.17, 15) is 0 Å². The molecule has 3 aliphatic rings. The quantitative estimate of drug-likeness (QED) is 0.178. The van der Waals surface area contributed by atoms with E-state index in [-0.39, 0.29) is 0 Å². The third-order valence-corrected chi connectivity index (χ3v) is 11.8. The fraction of sp³-hybridized carbons (Fsp3) is 0.160. The molecule has 7 aromatic rings. The number of benzene rings is 7. The molecular weight excluding hydrogens is 615 g/mol. The van der Waals surface area contributed by atoms with E-state index in [1.807, 2.05) is 0 Å². The second kappa shape index (κ2) is 11.7. The van der Waals surface area contributed by atoms with Crippen LogP contribution in [0.3, 0.4) is 0 Å². The van der Waals surface area contributed by atoms with Crippen molar-refractivity contribution in [3.05, 3.63) is 197 Å². The maximum atomic E-state index is 2.58. The van der Waals surface area contributed by atoms with Crippen LogP contribution < -0.4 is 4.90 Å². The van der Waals surface area contributed by atoms with Crippen LogP contribution in [0, 0.1) is 0 Å². The van der Waals surface area contributed by atoms with Crippen LogP contribution in [0.15, 0.2) is 158 Å². The van der Waals surface area contributed by atoms with Crippen LogP contribution in [0.4, 0.5) is 17.1 Å². The van der Waals surface area contributed by atoms with Gasteiger partial charge in [0, 0.05) is 16.9 Å². The number of fused-ring (bicyclic) bond motifs is 11. The third-order valence-electron chi connectivity index (χ3n) is 11.8. The van der Waals surface area contributed by atoms with Crippen LogP contribution in [-0.4, -0.2) is 0 Å². The molecule has 1 nitrogen and oxygen atoms in total. The number of nitrogens with zero attached hydrogens (tertiary/aromatic N) is 1. The van der Waals surface area contributed by atoms with Gasteiger partial charge in [0.25, 0.3) is 0 Å². The minimum absolute atomic E-state index is 0.391. The molecular formula is C50H41N. The molecule has 246 valence electrons. The van der Waals surface area contributed by atoms with Crippen LogP contribution in [0.1, 0.15) is 71.6 Å². The normalized spacial score (nSPS) is 14.5. The van der Waals surface area contributed by atoms with Crippen LogP contribution in [0.2, 0.25) is 0 Å². The van der Waals surface area contributed by atoms with Crippen molar-refractivity contribution in [2.24, 2.45) is 0 Å². The van der Waals surface area contributed by atoms with Crippen LogP contribution in [0.25, 0.3) is 33.4 Å². The summed E-state index contributed by atoms with van der Waals surface area (Å²) in [4.78, 5) is 2.50. The van der Waals surface area contributed by atoms with E-state index in [1.54, 1.807) is 5.56 Å². The molecule has 0 bridgehead atoms. The van der Waals surface area contributed by atoms with Crippen molar-refractivity contribution in [2.75, 3.05) is 4.90 Å². The Bertz CT molecular complexity index is 2370. The van der Waals surface area contributed by atoms with Gasteiger partial charge < -0.3 is 4.90 Å². The molecule has 0 saturated heterocycles. The van der Waals surface area contributed by atoms with Gasteiger partial charge >= 0.3 is 0 Å². The predicted molar refractivity (Wildman–Crippen MR) is 214 cm³/mol. The Morgan fingerprint density at radius 3 is 1.43 bits per heavy atom. The van der Waals surface area contributed by atoms with E-state index >= 15 is 0 Å². The van der Waals surface area contributed by atoms with Crippen LogP contribution in [-0.2, 0) is 18.3 Å². The second-order valence-electron chi connectivity index (χ2n) is 14.9. The van der Waals surface area contributed by atoms with Crippen molar-refractivity contribution in [3.63, 3.8) is 0 Å². The molecule has 0 radical (unpaired) electrons. The highest BCUT2D eigenvalue weighted by molar-refractivity contribution is 6.00. The summed E-state index contributed by atoms with van der Waals surface area (Å²) in [6, 6.07) is 59.6. The minimum Gasteiger partial charge on any atom is -0.310 e. The van der Waals surface area contributed by atoms with Crippen molar-refractivity contribution in [3.8, 4) is 33.4 Å². The first-order valence-corrected chi connectivity index (χ1v) is 18.7. The fourth-order valence-corrected chi connectivity index (χ4v) is 9.62. The largest absolute Gasteiger partial charge is 0.310 e. The Balaban J connectivity index is 1.36. The first-order valence-electron chi connectivity index (χ1n) is 18.7. The molecule has 0 amide bonds. The van der Waals surface area contributed by atoms with Gasteiger partial charge in [-0.15, -0.1) is 0 Å². The summed E-state index contributed by atoms with van der Waals surface area (Å²) < 4.78 is 0. The lowest BCUT2D eigenvalue weighted by Crippen LogP contribution is -2.26. The molecule has 0 unspecified atom stereocenters. The number of anilines is 3. The summed E-state index contributed by atoms with van der Waals surface area (Å²) >= 11 is 0. The first kappa shape index (κ1) is 30.2. The highest BCUT2D eigenvalue weighted by atomic mass is 15.1. The SMILES string of the molecule is CC(C)c1cc2c(cc1-c1cc3c(cc1N(c1ccccc1)c1ccccc1)C1(c4ccccc4-c4ccccc41)c1ccccc1-3)CCCC2. The summed E-state index contributed by atoms with van der Waals surface area (Å²) in [5.41, 5.74) is 21.1. The van der Waals surface area contributed by atoms with E-state index in [4.69, 9.17) is 0 Å². The molecule has 10 rings (SSSR count). The molecule has 0 aromatic heterocycles. The highest BCUT2D eigenvalue weighted by Gasteiger charge is 2.52. The van der Waals surface area contributed by atoms with Gasteiger partial charge in [0.15, 0.2) is 0 Å². The maximum absolute atomic E-state index is 2.58. The summed E-state index contributed by atoms with van der Waals surface area (Å²) in [5.74, 6) is 0.391. The molecule has 0 saturated carbocycles. The zero-order valence-electron chi connectivity index (χ0n) is 29.4. The van der Waals surface area contributed by atoms with Crippen molar-refractivity contribution in [1.29, 1.82) is 0 Å². The lowest BCUT2D eigenvalue weighted by molar-refractivity contribution is 0.683. The Kier molecular flexibility index (Phi) is 6.93. The standard InChI is InChI=1S/C50H41N/c1-33(2)41-29-34-17-9-10-18-35(34)30-42(41)44-31-43-40-25-13-16-28-47(40)50(45-26-14-11-23-38(45)39-24-12-15-27-46(39)50)48(43)32-49(44)51(36-19-5-3-6-20-36)37-21-7-4-8-22-37/h3-8,11-16,19-33H,9-10,17-18H2,1-2H3. The highest BCUT2D eigenvalue weighted by Crippen LogP contribution is 2.64. The molecule has 1 spiro atoms. The Morgan fingerprint density at radius 2 is 0.902 bits per heavy atom. The monoisotopic (exact) mass is 655 g/mol. The van der Waals surface area contributed by atoms with Crippen molar-refractivity contribution in [1.82, 2.24) is 0 Å². The average Bonchev–Trinajstić information content (AvgIpc) is 3.65. The van der Waals surface area contributed by atoms with Gasteiger partial charge in [0.05, 0.1) is 11.1 Å². The molecule has 0 atom stereocenters. The topological polar surface area (TPSA) is 3.24 Å². The van der Waals surface area contributed by atoms with Crippen molar-refractivity contribution >= 4 is 17.1 Å². The Hall–Kier alpha value is -5.66. The number of para-hydroxylation sites is 2. The summed E-state index contributed by atoms with van der Waals surface area (Å²) in [5, 5.41) is 0. The van der Waals surface area contributed by atoms with Gasteiger partial charge in [-0.05, 0) is 135 Å². The maximum Gasteiger partial charge on any atom is 0.0726 e. The number of hydrogen-bond acceptors (Lipinski definition) is 1. The van der Waals surface area contributed by atoms with Gasteiger partial charge in [-0.3, -0.25) is 0 Å². The second-order valence-corrected chi connectivity index (χ2v) is 14.9. The molecule has 3 aliphatic carbocycles. The minimum atomic E-state index is -0.415. The number of hydrogen-bond donors (Lipinski definition) is 0. The summed E-state index contributed by atoms with van der Waals surface area (Å²) in [6.45, 7) is 4.73. The van der Waals surface area contributed by atoms with Gasteiger partial charge in [-0.1, -0.05) is 135 Å². The predicted octanol–water partition coefficient (Wildman–Crippen LogP) is 13.2. The summed E-state index contributed by atoms with van der Waals surface area (Å²) in [6.07, 6.45) is 4.88. The van der Waals surface area contributed by atoms with Crippen LogP contribution in [0.5, 0.6) is 0 Å². The molecule has 0 heterocycles. The Morgan fingerprint density at radius 1 is 0.431 bits per heavy atom. The molecule has 7 aromatic carbocycles. The third kappa shape index (κ3) is 4.40. The molecule has 1 heteroatoms. The van der Waals surface area contributed by atoms with Gasteiger partial charge in [0.1, 0.15) is 0 Å². The van der Waals surface area contributed by atoms with Crippen molar-refractivity contribution in [2.45, 2.75) is 50.9 Å². The average molecular weight is 656 g/mol. The molecule has 0 aliphatic heterocycles. The fourth-order valence-electron chi connectivity index (χ4n) is 9.62. The van der Waals surface area contributed by atoms with Gasteiger partial charge in [-0.25, -0.2) is 0 Å². The zero-order valence-corrected chi connectivity index (χ0v) is 29.4. The lowest BCUT2D eigenvalue weighted by atomic mass is 9.70. The Labute approximate surface area is 301 Å². The summed E-state index contributed by atoms with van der Waals surface area (Å²) in [7, 11) is 0. The molecule has 51 heavy (non-hydrogen) atoms. The van der Waals surface area contributed by atoms with Gasteiger partial charge in [-0.2, -0.15) is 0 Å². The van der Waals surface area contributed by atoms with E-state index in [0.29, 0.717) is 5.92 Å². The zero-order chi connectivity index (χ0) is 34.1. The van der Waals surface area contributed by atoms with E-state index < -0.39 is 5.41 Å². The smallest absolute Gasteiger partial charge is 0.0726 e. The van der Waals surface area contributed by atoms with E-state index in [1.165, 1.54) is 91.7 Å². The number of aryl methyl sites for hydroxylation is 2.